The zero-order valence-electron chi connectivity index (χ0n) is 13.7. The molecule has 0 aliphatic rings. The smallest absolute Gasteiger partial charge is 0.216 e. The van der Waals surface area contributed by atoms with Gasteiger partial charge in [-0.1, -0.05) is 42.8 Å². The molecule has 0 saturated heterocycles. The zero-order valence-corrected chi connectivity index (χ0v) is 14.5. The standard InChI is InChI=1S/C19H19NO3S/c1-3-12-23-19-7-5-4-6-16(19)13-18(14-20)24(21,22)17-10-8-15(2)9-11-17/h4-11,13H,3,12H2,1-2H3. The Morgan fingerprint density at radius 2 is 1.83 bits per heavy atom. The van der Waals surface area contributed by atoms with E-state index in [1.54, 1.807) is 36.4 Å². The summed E-state index contributed by atoms with van der Waals surface area (Å²) in [6, 6.07) is 15.3. The molecule has 5 heteroatoms. The van der Waals surface area contributed by atoms with Crippen LogP contribution in [0.2, 0.25) is 0 Å². The molecule has 0 amide bonds. The maximum Gasteiger partial charge on any atom is 0.216 e. The minimum atomic E-state index is -3.86. The van der Waals surface area contributed by atoms with Gasteiger partial charge in [0, 0.05) is 5.56 Å². The molecule has 0 fully saturated rings. The van der Waals surface area contributed by atoms with Crippen molar-refractivity contribution >= 4 is 15.9 Å². The van der Waals surface area contributed by atoms with Crippen molar-refractivity contribution in [3.8, 4) is 11.8 Å². The molecule has 124 valence electrons. The topological polar surface area (TPSA) is 67.2 Å². The van der Waals surface area contributed by atoms with Gasteiger partial charge in [0.1, 0.15) is 16.7 Å². The van der Waals surface area contributed by atoms with Crippen LogP contribution in [-0.4, -0.2) is 15.0 Å². The van der Waals surface area contributed by atoms with Crippen molar-refractivity contribution in [3.63, 3.8) is 0 Å². The molecule has 0 spiro atoms. The van der Waals surface area contributed by atoms with Crippen molar-refractivity contribution in [1.29, 1.82) is 5.26 Å². The van der Waals surface area contributed by atoms with Gasteiger partial charge in [0.05, 0.1) is 11.5 Å². The lowest BCUT2D eigenvalue weighted by atomic mass is 10.2. The third-order valence-corrected chi connectivity index (χ3v) is 5.08. The largest absolute Gasteiger partial charge is 0.493 e. The third kappa shape index (κ3) is 4.03. The second-order valence-electron chi connectivity index (χ2n) is 5.32. The van der Waals surface area contributed by atoms with Crippen LogP contribution in [-0.2, 0) is 9.84 Å². The molecule has 0 aromatic heterocycles. The van der Waals surface area contributed by atoms with Crippen molar-refractivity contribution in [2.75, 3.05) is 6.61 Å². The Balaban J connectivity index is 2.47. The Hall–Kier alpha value is -2.58. The van der Waals surface area contributed by atoms with Crippen molar-refractivity contribution in [3.05, 3.63) is 64.6 Å². The molecule has 0 N–H and O–H groups in total. The van der Waals surface area contributed by atoms with E-state index >= 15 is 0 Å². The van der Waals surface area contributed by atoms with E-state index in [4.69, 9.17) is 4.74 Å². The number of hydrogen-bond donors (Lipinski definition) is 0. The number of ether oxygens (including phenoxy) is 1. The zero-order chi connectivity index (χ0) is 17.6. The summed E-state index contributed by atoms with van der Waals surface area (Å²) >= 11 is 0. The van der Waals surface area contributed by atoms with Crippen LogP contribution in [0.1, 0.15) is 24.5 Å². The van der Waals surface area contributed by atoms with E-state index in [2.05, 4.69) is 0 Å². The summed E-state index contributed by atoms with van der Waals surface area (Å²) < 4.78 is 31.0. The molecule has 0 unspecified atom stereocenters. The predicted octanol–water partition coefficient (Wildman–Crippen LogP) is 4.12. The summed E-state index contributed by atoms with van der Waals surface area (Å²) in [6.07, 6.45) is 2.20. The number of para-hydroxylation sites is 1. The molecule has 0 saturated carbocycles. The summed E-state index contributed by atoms with van der Waals surface area (Å²) in [6.45, 7) is 4.39. The number of sulfone groups is 1. The van der Waals surface area contributed by atoms with E-state index in [-0.39, 0.29) is 9.80 Å². The number of hydrogen-bond acceptors (Lipinski definition) is 4. The first-order valence-corrected chi connectivity index (χ1v) is 9.12. The van der Waals surface area contributed by atoms with Gasteiger partial charge in [-0.15, -0.1) is 0 Å². The maximum atomic E-state index is 12.7. The van der Waals surface area contributed by atoms with Gasteiger partial charge in [-0.2, -0.15) is 5.26 Å². The summed E-state index contributed by atoms with van der Waals surface area (Å²) in [7, 11) is -3.86. The quantitative estimate of drug-likeness (QED) is 0.741. The van der Waals surface area contributed by atoms with Gasteiger partial charge in [0.15, 0.2) is 0 Å². The highest BCUT2D eigenvalue weighted by Gasteiger charge is 2.21. The highest BCUT2D eigenvalue weighted by Crippen LogP contribution is 2.26. The summed E-state index contributed by atoms with van der Waals surface area (Å²) in [5.74, 6) is 0.561. The Morgan fingerprint density at radius 1 is 1.17 bits per heavy atom. The number of nitrogens with zero attached hydrogens (tertiary/aromatic N) is 1. The number of allylic oxidation sites excluding steroid dienone is 1. The minimum Gasteiger partial charge on any atom is -0.493 e. The first-order chi connectivity index (χ1) is 11.5. The van der Waals surface area contributed by atoms with Crippen molar-refractivity contribution < 1.29 is 13.2 Å². The fourth-order valence-electron chi connectivity index (χ4n) is 2.10. The van der Waals surface area contributed by atoms with Crippen molar-refractivity contribution in [2.45, 2.75) is 25.2 Å². The average molecular weight is 341 g/mol. The maximum absolute atomic E-state index is 12.7. The van der Waals surface area contributed by atoms with E-state index in [1.807, 2.05) is 19.9 Å². The fraction of sp³-hybridized carbons (Fsp3) is 0.211. The molecule has 0 heterocycles. The van der Waals surface area contributed by atoms with Gasteiger partial charge in [-0.05, 0) is 37.6 Å². The van der Waals surface area contributed by atoms with Gasteiger partial charge in [0.25, 0.3) is 0 Å². The second kappa shape index (κ2) is 7.80. The molecule has 0 aliphatic carbocycles. The Labute approximate surface area is 142 Å². The number of nitriles is 1. The molecular formula is C19H19NO3S. The first kappa shape index (κ1) is 17.8. The number of rotatable bonds is 6. The van der Waals surface area contributed by atoms with Crippen LogP contribution in [0.3, 0.4) is 0 Å². The third-order valence-electron chi connectivity index (χ3n) is 3.40. The van der Waals surface area contributed by atoms with E-state index in [0.29, 0.717) is 17.9 Å². The van der Waals surface area contributed by atoms with Gasteiger partial charge >= 0.3 is 0 Å². The van der Waals surface area contributed by atoms with Crippen LogP contribution in [0, 0.1) is 18.3 Å². The van der Waals surface area contributed by atoms with Crippen LogP contribution in [0.25, 0.3) is 6.08 Å². The molecule has 2 aromatic carbocycles. The van der Waals surface area contributed by atoms with Crippen LogP contribution >= 0.6 is 0 Å². The highest BCUT2D eigenvalue weighted by molar-refractivity contribution is 7.95. The fourth-order valence-corrected chi connectivity index (χ4v) is 3.25. The van der Waals surface area contributed by atoms with Gasteiger partial charge in [-0.3, -0.25) is 0 Å². The molecule has 0 aliphatic heterocycles. The first-order valence-electron chi connectivity index (χ1n) is 7.64. The van der Waals surface area contributed by atoms with Crippen LogP contribution in [0.4, 0.5) is 0 Å². The average Bonchev–Trinajstić information content (AvgIpc) is 2.58. The van der Waals surface area contributed by atoms with Crippen LogP contribution < -0.4 is 4.74 Å². The molecule has 4 nitrogen and oxygen atoms in total. The molecule has 2 aromatic rings. The van der Waals surface area contributed by atoms with Crippen molar-refractivity contribution in [1.82, 2.24) is 0 Å². The summed E-state index contributed by atoms with van der Waals surface area (Å²) in [4.78, 5) is -0.202. The van der Waals surface area contributed by atoms with Crippen molar-refractivity contribution in [2.24, 2.45) is 0 Å². The van der Waals surface area contributed by atoms with Gasteiger partial charge in [-0.25, -0.2) is 8.42 Å². The lowest BCUT2D eigenvalue weighted by molar-refractivity contribution is 0.317. The van der Waals surface area contributed by atoms with Gasteiger partial charge < -0.3 is 4.74 Å². The van der Waals surface area contributed by atoms with E-state index < -0.39 is 9.84 Å². The molecule has 2 rings (SSSR count). The monoisotopic (exact) mass is 341 g/mol. The lowest BCUT2D eigenvalue weighted by Gasteiger charge is -2.09. The van der Waals surface area contributed by atoms with E-state index in [1.165, 1.54) is 18.2 Å². The SMILES string of the molecule is CCCOc1ccccc1C=C(C#N)S(=O)(=O)c1ccc(C)cc1. The molecule has 24 heavy (non-hydrogen) atoms. The number of benzene rings is 2. The Bertz CT molecular complexity index is 876. The molecule has 0 bridgehead atoms. The normalized spacial score (nSPS) is 11.8. The summed E-state index contributed by atoms with van der Waals surface area (Å²) in [5.41, 5.74) is 1.52. The van der Waals surface area contributed by atoms with Crippen LogP contribution in [0.15, 0.2) is 58.3 Å². The number of aryl methyl sites for hydroxylation is 1. The van der Waals surface area contributed by atoms with E-state index in [9.17, 15) is 13.7 Å². The van der Waals surface area contributed by atoms with Crippen LogP contribution in [0.5, 0.6) is 5.75 Å². The predicted molar refractivity (Wildman–Crippen MR) is 94.2 cm³/mol. The second-order valence-corrected chi connectivity index (χ2v) is 7.24. The Kier molecular flexibility index (Phi) is 5.78. The van der Waals surface area contributed by atoms with Gasteiger partial charge in [0.2, 0.25) is 9.84 Å². The summed E-state index contributed by atoms with van der Waals surface area (Å²) in [5, 5.41) is 9.37. The Morgan fingerprint density at radius 3 is 2.46 bits per heavy atom. The minimum absolute atomic E-state index is 0.104. The molecule has 0 atom stereocenters. The highest BCUT2D eigenvalue weighted by atomic mass is 32.2. The van der Waals surface area contributed by atoms with E-state index in [0.717, 1.165) is 12.0 Å². The lowest BCUT2D eigenvalue weighted by Crippen LogP contribution is -2.04. The molecule has 0 radical (unpaired) electrons. The molecular weight excluding hydrogens is 322 g/mol.